The number of carbonyl (C=O) groups is 2. The van der Waals surface area contributed by atoms with Gasteiger partial charge in [0.1, 0.15) is 0 Å². The maximum absolute atomic E-state index is 13.2. The summed E-state index contributed by atoms with van der Waals surface area (Å²) >= 11 is 6.31. The van der Waals surface area contributed by atoms with Gasteiger partial charge in [-0.2, -0.15) is 0 Å². The molecular formula is C14H18ClO6P. The lowest BCUT2D eigenvalue weighted by molar-refractivity contribution is -0.140. The van der Waals surface area contributed by atoms with Crippen LogP contribution in [0.2, 0.25) is 0 Å². The van der Waals surface area contributed by atoms with E-state index in [1.54, 1.807) is 13.8 Å². The van der Waals surface area contributed by atoms with Gasteiger partial charge in [-0.05, 0) is 19.4 Å². The number of ether oxygens (including phenoxy) is 2. The highest BCUT2D eigenvalue weighted by atomic mass is 35.5. The summed E-state index contributed by atoms with van der Waals surface area (Å²) in [6, 6.07) is 0. The Bertz CT molecular complexity index is 635. The van der Waals surface area contributed by atoms with Crippen LogP contribution in [0.15, 0.2) is 21.8 Å². The highest BCUT2D eigenvalue weighted by Crippen LogP contribution is 2.67. The SMILES string of the molecule is CCOP1(=O)CC2C(Cl)=C(C)C1C(C(=O)OC)=C2C(=O)OC. The molecule has 22 heavy (non-hydrogen) atoms. The molecule has 8 heteroatoms. The normalized spacial score (nSPS) is 30.6. The number of carbonyl (C=O) groups excluding carboxylic acids is 2. The molecule has 122 valence electrons. The lowest BCUT2D eigenvalue weighted by Gasteiger charge is -2.43. The number of halogens is 1. The molecule has 3 atom stereocenters. The Kier molecular flexibility index (Phi) is 4.85. The van der Waals surface area contributed by atoms with Crippen molar-refractivity contribution in [2.75, 3.05) is 27.0 Å². The fraction of sp³-hybridized carbons (Fsp3) is 0.571. The van der Waals surface area contributed by atoms with Gasteiger partial charge in [0, 0.05) is 17.1 Å². The van der Waals surface area contributed by atoms with E-state index in [0.717, 1.165) is 0 Å². The maximum atomic E-state index is 13.2. The summed E-state index contributed by atoms with van der Waals surface area (Å²) in [4.78, 5) is 24.3. The number of methoxy groups -OCH3 is 2. The number of rotatable bonds is 4. The first kappa shape index (κ1) is 17.3. The number of hydrogen-bond donors (Lipinski definition) is 0. The molecule has 0 saturated heterocycles. The largest absolute Gasteiger partial charge is 0.466 e. The average Bonchev–Trinajstić information content (AvgIpc) is 2.49. The minimum absolute atomic E-state index is 0.0456. The van der Waals surface area contributed by atoms with Crippen LogP contribution in [0.4, 0.5) is 0 Å². The molecule has 2 bridgehead atoms. The van der Waals surface area contributed by atoms with Crippen LogP contribution in [0, 0.1) is 5.92 Å². The molecule has 0 aromatic carbocycles. The molecule has 0 saturated carbocycles. The number of esters is 2. The molecule has 0 aromatic rings. The molecule has 0 N–H and O–H groups in total. The van der Waals surface area contributed by atoms with Gasteiger partial charge in [0.05, 0.1) is 37.6 Å². The predicted octanol–water partition coefficient (Wildman–Crippen LogP) is 2.47. The topological polar surface area (TPSA) is 78.9 Å². The summed E-state index contributed by atoms with van der Waals surface area (Å²) in [5.74, 6) is -2.03. The Morgan fingerprint density at radius 3 is 2.27 bits per heavy atom. The van der Waals surface area contributed by atoms with Crippen LogP contribution >= 0.6 is 19.0 Å². The Hall–Kier alpha value is -1.10. The second-order valence-corrected chi connectivity index (χ2v) is 8.12. The maximum Gasteiger partial charge on any atom is 0.335 e. The highest BCUT2D eigenvalue weighted by Gasteiger charge is 2.56. The quantitative estimate of drug-likeness (QED) is 0.573. The Morgan fingerprint density at radius 1 is 1.23 bits per heavy atom. The van der Waals surface area contributed by atoms with Gasteiger partial charge in [-0.25, -0.2) is 9.59 Å². The van der Waals surface area contributed by atoms with Crippen molar-refractivity contribution in [3.63, 3.8) is 0 Å². The summed E-state index contributed by atoms with van der Waals surface area (Å²) in [5, 5.41) is 0.421. The minimum Gasteiger partial charge on any atom is -0.466 e. The molecule has 0 amide bonds. The number of hydrogen-bond acceptors (Lipinski definition) is 6. The van der Waals surface area contributed by atoms with Crippen LogP contribution in [0.1, 0.15) is 13.8 Å². The van der Waals surface area contributed by atoms with E-state index < -0.39 is 30.9 Å². The van der Waals surface area contributed by atoms with Crippen molar-refractivity contribution < 1.29 is 28.2 Å². The summed E-state index contributed by atoms with van der Waals surface area (Å²) in [5.41, 5.74) is -0.0975. The van der Waals surface area contributed by atoms with Crippen molar-refractivity contribution in [2.45, 2.75) is 19.5 Å². The van der Waals surface area contributed by atoms with Crippen molar-refractivity contribution in [3.8, 4) is 0 Å². The van der Waals surface area contributed by atoms with Crippen molar-refractivity contribution in [1.29, 1.82) is 0 Å². The average molecular weight is 349 g/mol. The number of allylic oxidation sites excluding steroid dienone is 2. The monoisotopic (exact) mass is 348 g/mol. The molecular weight excluding hydrogens is 331 g/mol. The Labute approximate surface area is 133 Å². The van der Waals surface area contributed by atoms with E-state index in [1.807, 2.05) is 0 Å². The van der Waals surface area contributed by atoms with Crippen LogP contribution in [0.3, 0.4) is 0 Å². The highest BCUT2D eigenvalue weighted by molar-refractivity contribution is 7.60. The van der Waals surface area contributed by atoms with Crippen LogP contribution in [-0.2, 0) is 28.2 Å². The van der Waals surface area contributed by atoms with Gasteiger partial charge in [-0.1, -0.05) is 11.6 Å². The first-order valence-corrected chi connectivity index (χ1v) is 9.08. The van der Waals surface area contributed by atoms with Gasteiger partial charge in [0.2, 0.25) is 7.37 Å². The summed E-state index contributed by atoms with van der Waals surface area (Å²) in [6.07, 6.45) is 0.0899. The third kappa shape index (κ3) is 2.43. The molecule has 0 spiro atoms. The smallest absolute Gasteiger partial charge is 0.335 e. The zero-order valence-electron chi connectivity index (χ0n) is 12.8. The lowest BCUT2D eigenvalue weighted by Crippen LogP contribution is -2.41. The first-order chi connectivity index (χ1) is 10.3. The van der Waals surface area contributed by atoms with Crippen molar-refractivity contribution in [1.82, 2.24) is 0 Å². The molecule has 3 unspecified atom stereocenters. The summed E-state index contributed by atoms with van der Waals surface area (Å²) < 4.78 is 28.2. The first-order valence-electron chi connectivity index (χ1n) is 6.82. The summed E-state index contributed by atoms with van der Waals surface area (Å²) in [7, 11) is -0.758. The predicted molar refractivity (Wildman–Crippen MR) is 81.0 cm³/mol. The van der Waals surface area contributed by atoms with Crippen LogP contribution in [-0.4, -0.2) is 44.6 Å². The Balaban J connectivity index is 2.71. The molecule has 3 rings (SSSR count). The second kappa shape index (κ2) is 6.19. The molecule has 3 aliphatic rings. The van der Waals surface area contributed by atoms with Gasteiger partial charge in [-0.3, -0.25) is 4.57 Å². The third-order valence-electron chi connectivity index (χ3n) is 3.99. The molecule has 1 aliphatic carbocycles. The van der Waals surface area contributed by atoms with Crippen LogP contribution in [0.5, 0.6) is 0 Å². The zero-order valence-corrected chi connectivity index (χ0v) is 14.5. The van der Waals surface area contributed by atoms with Gasteiger partial charge < -0.3 is 14.0 Å². The molecule has 2 heterocycles. The molecule has 6 nitrogen and oxygen atoms in total. The van der Waals surface area contributed by atoms with E-state index in [0.29, 0.717) is 10.6 Å². The van der Waals surface area contributed by atoms with E-state index in [-0.39, 0.29) is 23.9 Å². The van der Waals surface area contributed by atoms with Crippen LogP contribution in [0.25, 0.3) is 0 Å². The van der Waals surface area contributed by atoms with E-state index in [4.69, 9.17) is 25.6 Å². The minimum atomic E-state index is -3.19. The Morgan fingerprint density at radius 2 is 1.77 bits per heavy atom. The van der Waals surface area contributed by atoms with Crippen LogP contribution < -0.4 is 0 Å². The summed E-state index contributed by atoms with van der Waals surface area (Å²) in [6.45, 7) is 3.67. The number of fused-ring (bicyclic) bond motifs is 1. The lowest BCUT2D eigenvalue weighted by atomic mass is 9.83. The second-order valence-electron chi connectivity index (χ2n) is 5.12. The van der Waals surface area contributed by atoms with E-state index >= 15 is 0 Å². The molecule has 2 aliphatic heterocycles. The van der Waals surface area contributed by atoms with E-state index in [2.05, 4.69) is 0 Å². The van der Waals surface area contributed by atoms with E-state index in [9.17, 15) is 14.2 Å². The van der Waals surface area contributed by atoms with Crippen molar-refractivity contribution in [3.05, 3.63) is 21.8 Å². The van der Waals surface area contributed by atoms with Gasteiger partial charge in [0.15, 0.2) is 0 Å². The molecule has 0 fully saturated rings. The van der Waals surface area contributed by atoms with Gasteiger partial charge >= 0.3 is 11.9 Å². The molecule has 0 radical (unpaired) electrons. The zero-order chi connectivity index (χ0) is 16.7. The fourth-order valence-electron chi connectivity index (χ4n) is 3.15. The van der Waals surface area contributed by atoms with Crippen molar-refractivity contribution in [2.24, 2.45) is 5.92 Å². The van der Waals surface area contributed by atoms with Gasteiger partial charge in [0.25, 0.3) is 0 Å². The fourth-order valence-corrected chi connectivity index (χ4v) is 6.77. The van der Waals surface area contributed by atoms with Crippen molar-refractivity contribution >= 4 is 30.9 Å². The van der Waals surface area contributed by atoms with Gasteiger partial charge in [-0.15, -0.1) is 0 Å². The molecule has 0 aromatic heterocycles. The van der Waals surface area contributed by atoms with E-state index in [1.165, 1.54) is 14.2 Å². The standard InChI is InChI=1S/C14H18ClO6P/c1-5-21-22(18)6-8-9(13(16)19-3)10(14(17)20-4)12(22)7(2)11(8)15/h8,12H,5-6H2,1-4H3. The third-order valence-corrected chi connectivity index (χ3v) is 7.56.